The molecule has 2 aromatic carbocycles. The first kappa shape index (κ1) is 13.0. The molecule has 15 heavy (non-hydrogen) atoms. The molecule has 0 atom stereocenters. The Balaban J connectivity index is 0.00000112. The van der Waals surface area contributed by atoms with Crippen LogP contribution in [0, 0.1) is 0 Å². The van der Waals surface area contributed by atoms with E-state index < -0.39 is 5.97 Å². The summed E-state index contributed by atoms with van der Waals surface area (Å²) in [4.78, 5) is 10.6. The van der Waals surface area contributed by atoms with Gasteiger partial charge in [-0.3, -0.25) is 4.79 Å². The molecule has 0 saturated carbocycles. The molecule has 0 fully saturated rings. The second-order valence-electron chi connectivity index (χ2n) is 3.21. The Bertz CT molecular complexity index is 475. The van der Waals surface area contributed by atoms with Crippen LogP contribution in [0.25, 0.3) is 10.8 Å². The summed E-state index contributed by atoms with van der Waals surface area (Å²) < 4.78 is 0. The molecule has 0 aromatic heterocycles. The Morgan fingerprint density at radius 2 is 1.73 bits per heavy atom. The van der Waals surface area contributed by atoms with Crippen molar-refractivity contribution in [1.29, 1.82) is 0 Å². The molecule has 0 spiro atoms. The minimum atomic E-state index is -0.790. The number of benzene rings is 2. The fourth-order valence-electron chi connectivity index (χ4n) is 1.61. The summed E-state index contributed by atoms with van der Waals surface area (Å²) in [6, 6.07) is 13.5. The van der Waals surface area contributed by atoms with Gasteiger partial charge in [0.05, 0.1) is 6.42 Å². The van der Waals surface area contributed by atoms with Gasteiger partial charge >= 0.3 is 64.2 Å². The van der Waals surface area contributed by atoms with E-state index >= 15 is 0 Å². The summed E-state index contributed by atoms with van der Waals surface area (Å²) in [7, 11) is 0. The zero-order valence-corrected chi connectivity index (χ0v) is 7.60. The van der Waals surface area contributed by atoms with E-state index in [4.69, 9.17) is 5.11 Å². The number of carboxylic acid groups (broad SMARTS) is 1. The Hall–Kier alpha value is -0.0248. The van der Waals surface area contributed by atoms with Crippen molar-refractivity contribution in [3.63, 3.8) is 0 Å². The van der Waals surface area contributed by atoms with E-state index in [2.05, 4.69) is 0 Å². The number of hydrogen-bond acceptors (Lipinski definition) is 1. The van der Waals surface area contributed by atoms with Crippen molar-refractivity contribution in [2.24, 2.45) is 0 Å². The van der Waals surface area contributed by atoms with Crippen molar-refractivity contribution in [2.75, 3.05) is 0 Å². The maximum absolute atomic E-state index is 10.6. The molecular formula is C12H11O2Rb. The van der Waals surface area contributed by atoms with Gasteiger partial charge in [0.2, 0.25) is 0 Å². The number of aliphatic carboxylic acids is 1. The molecular weight excluding hydrogens is 262 g/mol. The fourth-order valence-corrected chi connectivity index (χ4v) is 1.61. The van der Waals surface area contributed by atoms with Crippen LogP contribution < -0.4 is 0 Å². The Morgan fingerprint density at radius 1 is 1.07 bits per heavy atom. The van der Waals surface area contributed by atoms with E-state index in [0.717, 1.165) is 16.3 Å². The summed E-state index contributed by atoms with van der Waals surface area (Å²) in [6.07, 6.45) is 0.0847. The molecule has 0 aliphatic rings. The summed E-state index contributed by atoms with van der Waals surface area (Å²) >= 11 is 0. The third kappa shape index (κ3) is 3.21. The van der Waals surface area contributed by atoms with E-state index in [1.807, 2.05) is 42.5 Å². The molecule has 0 radical (unpaired) electrons. The number of fused-ring (bicyclic) bond motifs is 1. The first-order valence-corrected chi connectivity index (χ1v) is 4.46. The molecule has 0 amide bonds. The van der Waals surface area contributed by atoms with E-state index in [0.29, 0.717) is 0 Å². The monoisotopic (exact) mass is 272 g/mol. The summed E-state index contributed by atoms with van der Waals surface area (Å²) in [5, 5.41) is 10.8. The van der Waals surface area contributed by atoms with Crippen LogP contribution in [0.2, 0.25) is 0 Å². The van der Waals surface area contributed by atoms with Gasteiger partial charge in [0.1, 0.15) is 0 Å². The number of carboxylic acids is 1. The average molecular weight is 273 g/mol. The summed E-state index contributed by atoms with van der Waals surface area (Å²) in [5.41, 5.74) is 0.871. The van der Waals surface area contributed by atoms with Gasteiger partial charge in [0.25, 0.3) is 0 Å². The fraction of sp³-hybridized carbons (Fsp3) is 0.0833. The molecule has 2 aromatic rings. The zero-order chi connectivity index (χ0) is 9.97. The van der Waals surface area contributed by atoms with Crippen molar-refractivity contribution in [3.8, 4) is 0 Å². The van der Waals surface area contributed by atoms with Crippen molar-refractivity contribution in [2.45, 2.75) is 6.42 Å². The molecule has 1 N–H and O–H groups in total. The molecule has 0 aliphatic carbocycles. The molecule has 0 aliphatic heterocycles. The van der Waals surface area contributed by atoms with Gasteiger partial charge in [-0.25, -0.2) is 0 Å². The van der Waals surface area contributed by atoms with Crippen LogP contribution in [0.1, 0.15) is 5.56 Å². The standard InChI is InChI=1S/C12H10O2.Rb.H/c13-12(14)8-10-6-3-5-9-4-1-2-7-11(9)10;;/h1-7H,8H2,(H,13,14);;. The van der Waals surface area contributed by atoms with Gasteiger partial charge < -0.3 is 5.11 Å². The molecule has 0 saturated heterocycles. The molecule has 72 valence electrons. The molecule has 0 bridgehead atoms. The summed E-state index contributed by atoms with van der Waals surface area (Å²) in [6.45, 7) is 0. The SMILES string of the molecule is O=C(O)Cc1cccc2ccccc12.[RbH]. The number of carbonyl (C=O) groups is 1. The van der Waals surface area contributed by atoms with Crippen molar-refractivity contribution in [3.05, 3.63) is 48.0 Å². The van der Waals surface area contributed by atoms with E-state index in [1.54, 1.807) is 0 Å². The predicted molar refractivity (Wildman–Crippen MR) is 62.4 cm³/mol. The minimum absolute atomic E-state index is 0. The van der Waals surface area contributed by atoms with Crippen LogP contribution in [0.15, 0.2) is 42.5 Å². The van der Waals surface area contributed by atoms with E-state index in [9.17, 15) is 4.79 Å². The molecule has 3 heteroatoms. The van der Waals surface area contributed by atoms with Crippen LogP contribution in [0.4, 0.5) is 0 Å². The van der Waals surface area contributed by atoms with Gasteiger partial charge in [0.15, 0.2) is 0 Å². The van der Waals surface area contributed by atoms with Crippen LogP contribution in [0.3, 0.4) is 0 Å². The Morgan fingerprint density at radius 3 is 2.47 bits per heavy atom. The van der Waals surface area contributed by atoms with E-state index in [-0.39, 0.29) is 64.6 Å². The summed E-state index contributed by atoms with van der Waals surface area (Å²) in [5.74, 6) is -0.790. The van der Waals surface area contributed by atoms with Crippen LogP contribution in [0.5, 0.6) is 0 Å². The first-order chi connectivity index (χ1) is 6.77. The Kier molecular flexibility index (Phi) is 5.13. The van der Waals surface area contributed by atoms with Gasteiger partial charge in [-0.05, 0) is 16.3 Å². The van der Waals surface area contributed by atoms with Gasteiger partial charge in [-0.15, -0.1) is 0 Å². The maximum atomic E-state index is 10.6. The topological polar surface area (TPSA) is 37.3 Å². The second-order valence-corrected chi connectivity index (χ2v) is 3.21. The van der Waals surface area contributed by atoms with Crippen molar-refractivity contribution < 1.29 is 9.90 Å². The number of rotatable bonds is 2. The quantitative estimate of drug-likeness (QED) is 0.905. The van der Waals surface area contributed by atoms with Gasteiger partial charge in [0, 0.05) is 0 Å². The van der Waals surface area contributed by atoms with Crippen molar-refractivity contribution >= 4 is 74.9 Å². The van der Waals surface area contributed by atoms with Crippen LogP contribution in [-0.2, 0) is 11.2 Å². The van der Waals surface area contributed by atoms with Gasteiger partial charge in [-0.1, -0.05) is 42.5 Å². The zero-order valence-electron chi connectivity index (χ0n) is 7.60. The first-order valence-electron chi connectivity index (χ1n) is 4.46. The molecule has 0 unspecified atom stereocenters. The normalized spacial score (nSPS) is 9.60. The van der Waals surface area contributed by atoms with E-state index in [1.165, 1.54) is 0 Å². The van der Waals surface area contributed by atoms with Gasteiger partial charge in [-0.2, -0.15) is 0 Å². The predicted octanol–water partition coefficient (Wildman–Crippen LogP) is 1.82. The van der Waals surface area contributed by atoms with Crippen LogP contribution in [-0.4, -0.2) is 69.3 Å². The number of hydrogen-bond donors (Lipinski definition) is 1. The molecule has 2 rings (SSSR count). The molecule has 2 nitrogen and oxygen atoms in total. The second kappa shape index (κ2) is 5.90. The van der Waals surface area contributed by atoms with Crippen LogP contribution >= 0.6 is 0 Å². The third-order valence-electron chi connectivity index (χ3n) is 2.22. The molecule has 0 heterocycles. The average Bonchev–Trinajstić information content (AvgIpc) is 2.18. The third-order valence-corrected chi connectivity index (χ3v) is 2.22. The van der Waals surface area contributed by atoms with Crippen molar-refractivity contribution in [1.82, 2.24) is 0 Å². The Labute approximate surface area is 137 Å².